The number of hydrogen-bond donors (Lipinski definition) is 1. The number of nitrogens with zero attached hydrogens (tertiary/aromatic N) is 4. The zero-order valence-corrected chi connectivity index (χ0v) is 25.5. The summed E-state index contributed by atoms with van der Waals surface area (Å²) in [6, 6.07) is 10.4. The predicted octanol–water partition coefficient (Wildman–Crippen LogP) is 4.87. The number of nitrogens with one attached hydrogen (secondary N) is 1. The van der Waals surface area contributed by atoms with Crippen molar-refractivity contribution in [3.05, 3.63) is 64.5 Å². The summed E-state index contributed by atoms with van der Waals surface area (Å²) in [5.74, 6) is 2.40. The van der Waals surface area contributed by atoms with Gasteiger partial charge in [-0.05, 0) is 72.3 Å². The molecule has 3 aromatic rings. The number of carbonyl (C=O) groups is 1. The van der Waals surface area contributed by atoms with Gasteiger partial charge in [-0.2, -0.15) is 0 Å². The Morgan fingerprint density at radius 1 is 1.19 bits per heavy atom. The molecule has 9 nitrogen and oxygen atoms in total. The molecule has 1 aliphatic heterocycles. The van der Waals surface area contributed by atoms with Crippen LogP contribution in [0.25, 0.3) is 10.9 Å². The maximum Gasteiger partial charge on any atom is 0.303 e. The minimum Gasteiger partial charge on any atom is -0.497 e. The molecule has 0 unspecified atom stereocenters. The Hall–Kier alpha value is -3.95. The summed E-state index contributed by atoms with van der Waals surface area (Å²) in [6.07, 6.45) is 4.07. The minimum atomic E-state index is -0.362. The molecule has 4 atom stereocenters. The highest BCUT2D eigenvalue weighted by atomic mass is 19.1. The van der Waals surface area contributed by atoms with E-state index in [1.54, 1.807) is 18.2 Å². The summed E-state index contributed by atoms with van der Waals surface area (Å²) >= 11 is 0. The second-order valence-corrected chi connectivity index (χ2v) is 12.9. The van der Waals surface area contributed by atoms with E-state index in [0.717, 1.165) is 18.1 Å². The van der Waals surface area contributed by atoms with Gasteiger partial charge in [0.1, 0.15) is 17.7 Å². The average molecular weight is 590 g/mol. The Kier molecular flexibility index (Phi) is 7.64. The molecule has 10 heteroatoms. The lowest BCUT2D eigenvalue weighted by Crippen LogP contribution is -2.59. The molecule has 0 amide bonds. The molecule has 4 aliphatic rings. The van der Waals surface area contributed by atoms with Gasteiger partial charge in [-0.25, -0.2) is 14.4 Å². The van der Waals surface area contributed by atoms with Crippen molar-refractivity contribution in [1.82, 2.24) is 14.5 Å². The number of methoxy groups -OCH3 is 1. The van der Waals surface area contributed by atoms with E-state index in [2.05, 4.69) is 36.0 Å². The molecule has 1 saturated heterocycles. The van der Waals surface area contributed by atoms with Crippen LogP contribution in [0.3, 0.4) is 0 Å². The van der Waals surface area contributed by atoms with Crippen LogP contribution in [-0.4, -0.2) is 58.7 Å². The van der Waals surface area contributed by atoms with Gasteiger partial charge in [0.25, 0.3) is 5.56 Å². The third-order valence-electron chi connectivity index (χ3n) is 10.0. The number of halogens is 1. The average Bonchev–Trinajstić information content (AvgIpc) is 2.95. The van der Waals surface area contributed by atoms with E-state index in [1.807, 2.05) is 12.1 Å². The van der Waals surface area contributed by atoms with Gasteiger partial charge < -0.3 is 19.7 Å². The number of benzene rings is 2. The van der Waals surface area contributed by atoms with Crippen LogP contribution in [0.15, 0.2) is 52.5 Å². The molecular weight excluding hydrogens is 549 g/mol. The molecule has 7 rings (SSSR count). The first-order chi connectivity index (χ1) is 20.5. The van der Waals surface area contributed by atoms with E-state index in [0.29, 0.717) is 71.4 Å². The highest BCUT2D eigenvalue weighted by molar-refractivity contribution is 5.96. The Morgan fingerprint density at radius 3 is 2.65 bits per heavy atom. The lowest BCUT2D eigenvalue weighted by molar-refractivity contribution is -0.152. The number of aliphatic imine (C=N–C) groups is 1. The molecule has 228 valence electrons. The number of guanidine groups is 1. The molecule has 0 spiro atoms. The van der Waals surface area contributed by atoms with E-state index < -0.39 is 0 Å². The molecule has 3 aliphatic carbocycles. The van der Waals surface area contributed by atoms with Crippen LogP contribution >= 0.6 is 0 Å². The van der Waals surface area contributed by atoms with Crippen molar-refractivity contribution >= 4 is 28.5 Å². The quantitative estimate of drug-likeness (QED) is 0.239. The number of hydrogen-bond acceptors (Lipinski definition) is 6. The molecule has 3 saturated carbocycles. The molecule has 4 fully saturated rings. The maximum absolute atomic E-state index is 14.4. The number of fused-ring (bicyclic) bond motifs is 3. The molecule has 43 heavy (non-hydrogen) atoms. The number of ether oxygens (including phenoxy) is 2. The molecule has 1 N–H and O–H groups in total. The standard InChI is InChI=1S/C33H40FN5O4/c1-19-27-12-22(33(27,3)4)13-29(19)37-32(39-16-25(17-39)43-20(2)40)36-23-7-9-26-30(14-23)35-18-38(31(26)41)11-10-21-6-8-24(42-5)15-28(21)34/h6-9,14-15,18-19,22,25,27,29H,10-13,16-17H2,1-5H3,(H,36,37)/t19-,22-,27+,29-/m0/s1. The summed E-state index contributed by atoms with van der Waals surface area (Å²) in [5, 5.41) is 3.99. The van der Waals surface area contributed by atoms with Gasteiger partial charge in [0.2, 0.25) is 0 Å². The molecule has 1 aromatic heterocycles. The van der Waals surface area contributed by atoms with Gasteiger partial charge in [0, 0.05) is 25.2 Å². The number of aromatic nitrogens is 2. The SMILES string of the molecule is COc1ccc(CCn2cnc3cc(NC(=N[C@H]4C[C@@H]5C[C@H]([C@@H]4C)C5(C)C)N4CC(OC(C)=O)C4)ccc3c2=O)c(F)c1. The van der Waals surface area contributed by atoms with Crippen LogP contribution in [0.1, 0.15) is 46.1 Å². The zero-order valence-electron chi connectivity index (χ0n) is 25.5. The fourth-order valence-electron chi connectivity index (χ4n) is 7.19. The van der Waals surface area contributed by atoms with E-state index in [1.165, 1.54) is 37.4 Å². The topological polar surface area (TPSA) is 98.0 Å². The Bertz CT molecular complexity index is 1630. The van der Waals surface area contributed by atoms with E-state index in [-0.39, 0.29) is 29.5 Å². The first-order valence-electron chi connectivity index (χ1n) is 15.1. The lowest BCUT2D eigenvalue weighted by atomic mass is 9.45. The monoisotopic (exact) mass is 589 g/mol. The van der Waals surface area contributed by atoms with Crippen molar-refractivity contribution in [1.29, 1.82) is 0 Å². The summed E-state index contributed by atoms with van der Waals surface area (Å²) in [6.45, 7) is 9.98. The lowest BCUT2D eigenvalue weighted by Gasteiger charge is -2.61. The predicted molar refractivity (Wildman–Crippen MR) is 164 cm³/mol. The normalized spacial score (nSPS) is 24.7. The highest BCUT2D eigenvalue weighted by Crippen LogP contribution is 2.61. The fourth-order valence-corrected chi connectivity index (χ4v) is 7.19. The van der Waals surface area contributed by atoms with Crippen molar-refractivity contribution in [2.45, 2.75) is 65.6 Å². The summed E-state index contributed by atoms with van der Waals surface area (Å²) in [4.78, 5) is 36.6. The molecule has 2 aromatic carbocycles. The van der Waals surface area contributed by atoms with Gasteiger partial charge in [0.15, 0.2) is 5.96 Å². The van der Waals surface area contributed by atoms with Gasteiger partial charge in [-0.3, -0.25) is 14.2 Å². The first kappa shape index (κ1) is 29.1. The summed E-state index contributed by atoms with van der Waals surface area (Å²) < 4.78 is 26.4. The van der Waals surface area contributed by atoms with Crippen LogP contribution < -0.4 is 15.6 Å². The zero-order chi connectivity index (χ0) is 30.5. The van der Waals surface area contributed by atoms with E-state index in [4.69, 9.17) is 14.5 Å². The Labute approximate surface area is 251 Å². The second kappa shape index (κ2) is 11.3. The van der Waals surface area contributed by atoms with Gasteiger partial charge in [-0.1, -0.05) is 26.8 Å². The molecule has 2 heterocycles. The maximum atomic E-state index is 14.4. The van der Waals surface area contributed by atoms with Crippen LogP contribution in [0.2, 0.25) is 0 Å². The van der Waals surface area contributed by atoms with Crippen LogP contribution in [0.5, 0.6) is 5.75 Å². The van der Waals surface area contributed by atoms with Crippen molar-refractivity contribution < 1.29 is 18.7 Å². The fraction of sp³-hybridized carbons (Fsp3) is 0.515. The number of esters is 1. The summed E-state index contributed by atoms with van der Waals surface area (Å²) in [7, 11) is 1.50. The van der Waals surface area contributed by atoms with Crippen molar-refractivity contribution in [3.63, 3.8) is 0 Å². The van der Waals surface area contributed by atoms with Crippen LogP contribution in [0.4, 0.5) is 10.1 Å². The third kappa shape index (κ3) is 5.59. The number of likely N-dealkylation sites (tertiary alicyclic amines) is 1. The van der Waals surface area contributed by atoms with E-state index >= 15 is 0 Å². The second-order valence-electron chi connectivity index (χ2n) is 12.9. The first-order valence-corrected chi connectivity index (χ1v) is 15.1. The van der Waals surface area contributed by atoms with Crippen molar-refractivity contribution in [3.8, 4) is 5.75 Å². The van der Waals surface area contributed by atoms with Gasteiger partial charge in [0.05, 0.1) is 43.5 Å². The number of anilines is 1. The number of carbonyl (C=O) groups excluding carboxylic acids is 1. The third-order valence-corrected chi connectivity index (χ3v) is 10.0. The Balaban J connectivity index is 1.20. The molecule has 2 bridgehead atoms. The number of rotatable bonds is 7. The van der Waals surface area contributed by atoms with Crippen molar-refractivity contribution in [2.24, 2.45) is 28.2 Å². The minimum absolute atomic E-state index is 0.149. The largest absolute Gasteiger partial charge is 0.497 e. The van der Waals surface area contributed by atoms with E-state index in [9.17, 15) is 14.0 Å². The van der Waals surface area contributed by atoms with Gasteiger partial charge >= 0.3 is 5.97 Å². The van der Waals surface area contributed by atoms with Gasteiger partial charge in [-0.15, -0.1) is 0 Å². The molecule has 0 radical (unpaired) electrons. The van der Waals surface area contributed by atoms with Crippen LogP contribution in [-0.2, 0) is 22.5 Å². The summed E-state index contributed by atoms with van der Waals surface area (Å²) in [5.41, 5.74) is 2.05. The molecular formula is C33H40FN5O4. The number of aryl methyl sites for hydroxylation is 2. The smallest absolute Gasteiger partial charge is 0.303 e. The van der Waals surface area contributed by atoms with Crippen molar-refractivity contribution in [2.75, 3.05) is 25.5 Å². The van der Waals surface area contributed by atoms with Crippen LogP contribution in [0, 0.1) is 29.0 Å². The Morgan fingerprint density at radius 2 is 1.98 bits per heavy atom. The highest BCUT2D eigenvalue weighted by Gasteiger charge is 2.56.